The highest BCUT2D eigenvalue weighted by Gasteiger charge is 2.31. The number of Topliss-reactive ketones (excluding diaryl/α,β-unsaturated/α-hetero) is 1. The molecule has 2 rings (SSSR count). The van der Waals surface area contributed by atoms with E-state index in [-0.39, 0.29) is 30.1 Å². The van der Waals surface area contributed by atoms with Crippen LogP contribution in [0.25, 0.3) is 0 Å². The minimum atomic E-state index is -1.09. The third-order valence-corrected chi connectivity index (χ3v) is 5.01. The molecule has 0 aliphatic rings. The summed E-state index contributed by atoms with van der Waals surface area (Å²) in [6, 6.07) is 13.1. The summed E-state index contributed by atoms with van der Waals surface area (Å²) in [6.45, 7) is 4.68. The summed E-state index contributed by atoms with van der Waals surface area (Å²) in [4.78, 5) is 62.2. The summed E-state index contributed by atoms with van der Waals surface area (Å²) in [7, 11) is 1.22. The summed E-state index contributed by atoms with van der Waals surface area (Å²) in [5, 5.41) is 7.58. The van der Waals surface area contributed by atoms with E-state index in [0.29, 0.717) is 0 Å². The van der Waals surface area contributed by atoms with E-state index in [2.05, 4.69) is 16.0 Å². The molecule has 9 nitrogen and oxygen atoms in total. The monoisotopic (exact) mass is 503 g/mol. The average molecular weight is 504 g/mol. The van der Waals surface area contributed by atoms with Crippen molar-refractivity contribution in [1.82, 2.24) is 10.6 Å². The second-order valence-corrected chi connectivity index (χ2v) is 8.03. The Hall–Kier alpha value is -3.72. The largest absolute Gasteiger partial charge is 0.467 e. The summed E-state index contributed by atoms with van der Waals surface area (Å²) < 4.78 is 4.82. The fraction of sp³-hybridized carbons (Fsp3) is 0.320. The first-order valence-electron chi connectivity index (χ1n) is 10.8. The molecule has 2 aromatic carbocycles. The summed E-state index contributed by atoms with van der Waals surface area (Å²) in [5.41, 5.74) is 0.997. The van der Waals surface area contributed by atoms with E-state index in [4.69, 9.17) is 4.74 Å². The Balaban J connectivity index is 0.00000612. The zero-order valence-electron chi connectivity index (χ0n) is 20.0. The van der Waals surface area contributed by atoms with Crippen LogP contribution in [0.3, 0.4) is 0 Å². The highest BCUT2D eigenvalue weighted by Crippen LogP contribution is 2.16. The topological polar surface area (TPSA) is 131 Å². The molecule has 35 heavy (non-hydrogen) atoms. The third kappa shape index (κ3) is 8.53. The second-order valence-electron chi connectivity index (χ2n) is 8.03. The molecule has 10 heteroatoms. The SMILES string of the molecule is COC(=O)[C@H](Cc1ccccc1)NC(=O)[C@@H](NC(=O)C(=O)c1ccccc1NC(C)=O)C(C)C.Cl. The normalized spacial score (nSPS) is 11.9. The molecule has 0 heterocycles. The second kappa shape index (κ2) is 13.9. The van der Waals surface area contributed by atoms with Gasteiger partial charge in [-0.25, -0.2) is 4.79 Å². The van der Waals surface area contributed by atoms with Gasteiger partial charge in [0.05, 0.1) is 18.4 Å². The molecule has 3 N–H and O–H groups in total. The predicted octanol–water partition coefficient (Wildman–Crippen LogP) is 2.29. The van der Waals surface area contributed by atoms with Crippen LogP contribution in [-0.2, 0) is 30.3 Å². The minimum Gasteiger partial charge on any atom is -0.467 e. The number of amides is 3. The lowest BCUT2D eigenvalue weighted by Crippen LogP contribution is -2.55. The van der Waals surface area contributed by atoms with Gasteiger partial charge in [-0.3, -0.25) is 19.2 Å². The summed E-state index contributed by atoms with van der Waals surface area (Å²) in [6.07, 6.45) is 0.195. The van der Waals surface area contributed by atoms with Gasteiger partial charge < -0.3 is 20.7 Å². The van der Waals surface area contributed by atoms with E-state index in [1.54, 1.807) is 26.0 Å². The van der Waals surface area contributed by atoms with Gasteiger partial charge in [-0.05, 0) is 23.6 Å². The van der Waals surface area contributed by atoms with Crippen LogP contribution in [0, 0.1) is 5.92 Å². The van der Waals surface area contributed by atoms with Crippen molar-refractivity contribution in [3.63, 3.8) is 0 Å². The number of rotatable bonds is 10. The summed E-state index contributed by atoms with van der Waals surface area (Å²) in [5.74, 6) is -3.96. The highest BCUT2D eigenvalue weighted by atomic mass is 35.5. The molecule has 0 aliphatic carbocycles. The van der Waals surface area contributed by atoms with E-state index < -0.39 is 47.5 Å². The van der Waals surface area contributed by atoms with Crippen LogP contribution in [0.5, 0.6) is 0 Å². The highest BCUT2D eigenvalue weighted by molar-refractivity contribution is 6.44. The van der Waals surface area contributed by atoms with Crippen molar-refractivity contribution in [3.8, 4) is 0 Å². The van der Waals surface area contributed by atoms with Crippen molar-refractivity contribution in [1.29, 1.82) is 0 Å². The predicted molar refractivity (Wildman–Crippen MR) is 133 cm³/mol. The maximum atomic E-state index is 13.0. The first-order chi connectivity index (χ1) is 16.1. The molecular formula is C25H30ClN3O6. The molecule has 0 unspecified atom stereocenters. The number of carbonyl (C=O) groups excluding carboxylic acids is 5. The number of benzene rings is 2. The standard InChI is InChI=1S/C25H29N3O6.ClH/c1-15(2)21(23(31)27-20(25(33)34-4)14-17-10-6-5-7-11-17)28-24(32)22(30)18-12-8-9-13-19(18)26-16(3)29;/h5-13,15,20-21H,14H2,1-4H3,(H,26,29)(H,27,31)(H,28,32);1H/t20-,21-;/m0./s1. The van der Waals surface area contributed by atoms with Gasteiger partial charge in [0, 0.05) is 13.3 Å². The van der Waals surface area contributed by atoms with Gasteiger partial charge in [-0.2, -0.15) is 0 Å². The van der Waals surface area contributed by atoms with Gasteiger partial charge in [-0.1, -0.05) is 56.3 Å². The molecule has 0 fully saturated rings. The van der Waals surface area contributed by atoms with E-state index in [9.17, 15) is 24.0 Å². The molecule has 188 valence electrons. The number of halogens is 1. The molecule has 0 aliphatic heterocycles. The molecule has 0 saturated carbocycles. The Bertz CT molecular complexity index is 1060. The number of anilines is 1. The van der Waals surface area contributed by atoms with Crippen molar-refractivity contribution in [2.45, 2.75) is 39.3 Å². The number of para-hydroxylation sites is 1. The van der Waals surface area contributed by atoms with Crippen molar-refractivity contribution in [2.75, 3.05) is 12.4 Å². The Kier molecular flexibility index (Phi) is 11.6. The Morgan fingerprint density at radius 3 is 2.06 bits per heavy atom. The molecular weight excluding hydrogens is 474 g/mol. The van der Waals surface area contributed by atoms with Gasteiger partial charge in [0.25, 0.3) is 11.7 Å². The Morgan fingerprint density at radius 1 is 0.886 bits per heavy atom. The lowest BCUT2D eigenvalue weighted by Gasteiger charge is -2.24. The van der Waals surface area contributed by atoms with Gasteiger partial charge in [-0.15, -0.1) is 12.4 Å². The molecule has 0 spiro atoms. The number of ether oxygens (including phenoxy) is 1. The maximum absolute atomic E-state index is 13.0. The number of methoxy groups -OCH3 is 1. The zero-order chi connectivity index (χ0) is 25.3. The van der Waals surface area contributed by atoms with Crippen LogP contribution in [-0.4, -0.2) is 48.7 Å². The van der Waals surface area contributed by atoms with E-state index >= 15 is 0 Å². The van der Waals surface area contributed by atoms with E-state index in [1.807, 2.05) is 30.3 Å². The molecule has 0 aromatic heterocycles. The third-order valence-electron chi connectivity index (χ3n) is 5.01. The quantitative estimate of drug-likeness (QED) is 0.259. The van der Waals surface area contributed by atoms with E-state index in [0.717, 1.165) is 5.56 Å². The number of nitrogens with one attached hydrogen (secondary N) is 3. The molecule has 3 amide bonds. The van der Waals surface area contributed by atoms with Gasteiger partial charge in [0.2, 0.25) is 11.8 Å². The van der Waals surface area contributed by atoms with E-state index in [1.165, 1.54) is 26.2 Å². The van der Waals surface area contributed by atoms with Crippen molar-refractivity contribution in [3.05, 3.63) is 65.7 Å². The number of hydrogen-bond acceptors (Lipinski definition) is 6. The Labute approximate surface area is 210 Å². The van der Waals surface area contributed by atoms with Gasteiger partial charge >= 0.3 is 5.97 Å². The number of ketones is 1. The van der Waals surface area contributed by atoms with Crippen LogP contribution in [0.2, 0.25) is 0 Å². The van der Waals surface area contributed by atoms with Crippen LogP contribution < -0.4 is 16.0 Å². The average Bonchev–Trinajstić information content (AvgIpc) is 2.81. The number of esters is 1. The Morgan fingerprint density at radius 2 is 1.49 bits per heavy atom. The van der Waals surface area contributed by atoms with Crippen LogP contribution in [0.1, 0.15) is 36.7 Å². The first kappa shape index (κ1) is 29.3. The lowest BCUT2D eigenvalue weighted by atomic mass is 10.0. The van der Waals surface area contributed by atoms with Crippen molar-refractivity contribution in [2.24, 2.45) is 5.92 Å². The first-order valence-corrected chi connectivity index (χ1v) is 10.8. The lowest BCUT2D eigenvalue weighted by molar-refractivity contribution is -0.145. The number of carbonyl (C=O) groups is 5. The molecule has 0 saturated heterocycles. The summed E-state index contributed by atoms with van der Waals surface area (Å²) >= 11 is 0. The fourth-order valence-corrected chi connectivity index (χ4v) is 3.29. The van der Waals surface area contributed by atoms with Crippen molar-refractivity contribution < 1.29 is 28.7 Å². The maximum Gasteiger partial charge on any atom is 0.328 e. The van der Waals surface area contributed by atoms with Crippen LogP contribution in [0.4, 0.5) is 5.69 Å². The molecule has 2 aromatic rings. The van der Waals surface area contributed by atoms with Crippen molar-refractivity contribution >= 4 is 47.6 Å². The zero-order valence-corrected chi connectivity index (χ0v) is 20.8. The minimum absolute atomic E-state index is 0. The van der Waals surface area contributed by atoms with Crippen LogP contribution >= 0.6 is 12.4 Å². The smallest absolute Gasteiger partial charge is 0.328 e. The molecule has 2 atom stereocenters. The van der Waals surface area contributed by atoms with Gasteiger partial charge in [0.15, 0.2) is 0 Å². The number of hydrogen-bond donors (Lipinski definition) is 3. The fourth-order valence-electron chi connectivity index (χ4n) is 3.29. The molecule has 0 bridgehead atoms. The molecule has 0 radical (unpaired) electrons. The van der Waals surface area contributed by atoms with Gasteiger partial charge in [0.1, 0.15) is 12.1 Å². The van der Waals surface area contributed by atoms with Crippen LogP contribution in [0.15, 0.2) is 54.6 Å².